The monoisotopic (exact) mass is 406 g/mol. The number of carbonyl (C=O) groups is 1. The molecule has 0 aliphatic carbocycles. The Morgan fingerprint density at radius 3 is 1.58 bits per heavy atom. The molecule has 0 fully saturated rings. The van der Waals surface area contributed by atoms with Gasteiger partial charge >= 0.3 is 0 Å². The average Bonchev–Trinajstić information content (AvgIpc) is 3.07. The number of nitrogens with one attached hydrogen (secondary N) is 1. The van der Waals surface area contributed by atoms with E-state index in [1.165, 1.54) is 12.1 Å². The molecule has 4 aromatic rings. The van der Waals surface area contributed by atoms with Crippen LogP contribution in [0.3, 0.4) is 0 Å². The van der Waals surface area contributed by atoms with Gasteiger partial charge in [-0.15, -0.1) is 0 Å². The molecule has 31 heavy (non-hydrogen) atoms. The summed E-state index contributed by atoms with van der Waals surface area (Å²) in [6, 6.07) is 33.5. The molecule has 0 unspecified atom stereocenters. The Morgan fingerprint density at radius 2 is 1.13 bits per heavy atom. The van der Waals surface area contributed by atoms with E-state index in [0.717, 1.165) is 16.7 Å². The zero-order chi connectivity index (χ0) is 21.4. The molecule has 4 aromatic carbocycles. The number of halogens is 1. The van der Waals surface area contributed by atoms with Crippen molar-refractivity contribution >= 4 is 17.3 Å². The van der Waals surface area contributed by atoms with Gasteiger partial charge in [0.15, 0.2) is 0 Å². The summed E-state index contributed by atoms with van der Waals surface area (Å²) in [7, 11) is 0. The average molecular weight is 406 g/mol. The minimum atomic E-state index is -1.03. The lowest BCUT2D eigenvalue weighted by Gasteiger charge is -2.43. The minimum absolute atomic E-state index is 0.207. The smallest absolute Gasteiger partial charge is 0.278 e. The number of nitrogens with zero attached hydrogens (tertiary/aromatic N) is 1. The molecule has 0 bridgehead atoms. The van der Waals surface area contributed by atoms with E-state index in [1.54, 1.807) is 11.0 Å². The highest BCUT2D eigenvalue weighted by atomic mass is 19.1. The molecule has 5 rings (SSSR count). The number of anilines is 1. The van der Waals surface area contributed by atoms with Gasteiger partial charge in [-0.2, -0.15) is 0 Å². The molecule has 1 heterocycles. The summed E-state index contributed by atoms with van der Waals surface area (Å²) in [6.45, 7) is 0. The number of benzene rings is 4. The minimum Gasteiger partial charge on any atom is -0.295 e. The van der Waals surface area contributed by atoms with Gasteiger partial charge in [-0.05, 0) is 34.9 Å². The largest absolute Gasteiger partial charge is 0.295 e. The van der Waals surface area contributed by atoms with E-state index in [1.807, 2.05) is 91.0 Å². The lowest BCUT2D eigenvalue weighted by molar-refractivity contribution is -0.113. The van der Waals surface area contributed by atoms with Gasteiger partial charge in [0.25, 0.3) is 5.91 Å². The Hall–Kier alpha value is -4.05. The molecule has 0 radical (unpaired) electrons. The fourth-order valence-corrected chi connectivity index (χ4v) is 4.50. The number of rotatable bonds is 4. The van der Waals surface area contributed by atoms with Gasteiger partial charge in [-0.25, -0.2) is 4.39 Å². The zero-order valence-electron chi connectivity index (χ0n) is 16.6. The van der Waals surface area contributed by atoms with Gasteiger partial charge in [-0.1, -0.05) is 91.0 Å². The summed E-state index contributed by atoms with van der Waals surface area (Å²) >= 11 is 0. The molecule has 3 nitrogen and oxygen atoms in total. The standard InChI is InChI=1S/C27H19FN2O/c28-22-16-17-24-23(18-22)25(29)26(31)30(24)27(19-10-4-1-5-11-19,20-12-6-2-7-13-20)21-14-8-3-9-15-21/h1-18,29H. The Bertz CT molecular complexity index is 1170. The number of fused-ring (bicyclic) bond motifs is 1. The van der Waals surface area contributed by atoms with Gasteiger partial charge in [0, 0.05) is 5.56 Å². The van der Waals surface area contributed by atoms with Crippen LogP contribution in [0.25, 0.3) is 0 Å². The Labute approximate surface area is 179 Å². The lowest BCUT2D eigenvalue weighted by Crippen LogP contribution is -2.51. The van der Waals surface area contributed by atoms with Crippen molar-refractivity contribution in [1.29, 1.82) is 5.41 Å². The van der Waals surface area contributed by atoms with Gasteiger partial charge in [0.05, 0.1) is 5.69 Å². The molecule has 1 aliphatic rings. The normalized spacial score (nSPS) is 13.4. The van der Waals surface area contributed by atoms with Crippen LogP contribution in [0.2, 0.25) is 0 Å². The van der Waals surface area contributed by atoms with Crippen LogP contribution >= 0.6 is 0 Å². The summed E-state index contributed by atoms with van der Waals surface area (Å²) in [5, 5.41) is 8.47. The highest BCUT2D eigenvalue weighted by molar-refractivity contribution is 6.53. The number of hydrogen-bond acceptors (Lipinski definition) is 2. The van der Waals surface area contributed by atoms with E-state index in [-0.39, 0.29) is 5.71 Å². The van der Waals surface area contributed by atoms with Crippen molar-refractivity contribution < 1.29 is 9.18 Å². The van der Waals surface area contributed by atoms with Crippen LogP contribution < -0.4 is 4.90 Å². The maximum atomic E-state index is 14.0. The van der Waals surface area contributed by atoms with Crippen molar-refractivity contribution in [2.75, 3.05) is 4.90 Å². The van der Waals surface area contributed by atoms with E-state index in [0.29, 0.717) is 11.3 Å². The van der Waals surface area contributed by atoms with Crippen molar-refractivity contribution in [2.24, 2.45) is 0 Å². The van der Waals surface area contributed by atoms with Crippen molar-refractivity contribution in [1.82, 2.24) is 0 Å². The summed E-state index contributed by atoms with van der Waals surface area (Å²) < 4.78 is 14.0. The van der Waals surface area contributed by atoms with E-state index >= 15 is 0 Å². The van der Waals surface area contributed by atoms with Crippen LogP contribution in [0.5, 0.6) is 0 Å². The second-order valence-electron chi connectivity index (χ2n) is 7.49. The first-order valence-corrected chi connectivity index (χ1v) is 10.0. The third kappa shape index (κ3) is 2.80. The molecule has 150 valence electrons. The summed E-state index contributed by atoms with van der Waals surface area (Å²) in [5.41, 5.74) is 2.23. The molecular weight excluding hydrogens is 387 g/mol. The molecule has 1 amide bonds. The van der Waals surface area contributed by atoms with Crippen LogP contribution in [-0.2, 0) is 10.3 Å². The lowest BCUT2D eigenvalue weighted by atomic mass is 9.75. The van der Waals surface area contributed by atoms with Crippen molar-refractivity contribution in [2.45, 2.75) is 5.54 Å². The molecule has 0 spiro atoms. The predicted molar refractivity (Wildman–Crippen MR) is 120 cm³/mol. The predicted octanol–water partition coefficient (Wildman–Crippen LogP) is 5.53. The second-order valence-corrected chi connectivity index (χ2v) is 7.49. The molecule has 0 aromatic heterocycles. The van der Waals surface area contributed by atoms with Gasteiger partial charge < -0.3 is 0 Å². The summed E-state index contributed by atoms with van der Waals surface area (Å²) in [4.78, 5) is 15.3. The topological polar surface area (TPSA) is 44.2 Å². The third-order valence-electron chi connectivity index (χ3n) is 5.80. The number of carbonyl (C=O) groups excluding carboxylic acids is 1. The summed E-state index contributed by atoms with van der Waals surface area (Å²) in [5.74, 6) is -0.931. The first-order chi connectivity index (χ1) is 15.1. The van der Waals surface area contributed by atoms with Crippen LogP contribution in [-0.4, -0.2) is 11.6 Å². The van der Waals surface area contributed by atoms with Gasteiger partial charge in [-0.3, -0.25) is 15.1 Å². The first-order valence-electron chi connectivity index (χ1n) is 10.0. The highest BCUT2D eigenvalue weighted by Crippen LogP contribution is 2.48. The fourth-order valence-electron chi connectivity index (χ4n) is 4.50. The van der Waals surface area contributed by atoms with Crippen molar-refractivity contribution in [3.63, 3.8) is 0 Å². The molecule has 0 saturated heterocycles. The molecule has 0 saturated carbocycles. The van der Waals surface area contributed by atoms with E-state index in [9.17, 15) is 9.18 Å². The first kappa shape index (κ1) is 18.9. The molecule has 0 atom stereocenters. The Morgan fingerprint density at radius 1 is 0.677 bits per heavy atom. The number of amides is 1. The van der Waals surface area contributed by atoms with E-state index in [4.69, 9.17) is 5.41 Å². The Kier molecular flexibility index (Phi) is 4.48. The molecule has 4 heteroatoms. The molecule has 1 N–H and O–H groups in total. The fraction of sp³-hybridized carbons (Fsp3) is 0.0370. The van der Waals surface area contributed by atoms with Crippen LogP contribution in [0.4, 0.5) is 10.1 Å². The SMILES string of the molecule is N=C1C(=O)N(C(c2ccccc2)(c2ccccc2)c2ccccc2)c2ccc(F)cc21. The van der Waals surface area contributed by atoms with Crippen LogP contribution in [0.15, 0.2) is 109 Å². The quantitative estimate of drug-likeness (QED) is 0.445. The Balaban J connectivity index is 1.93. The summed E-state index contributed by atoms with van der Waals surface area (Å²) in [6.07, 6.45) is 0. The zero-order valence-corrected chi connectivity index (χ0v) is 16.6. The molecule has 1 aliphatic heterocycles. The van der Waals surface area contributed by atoms with Gasteiger partial charge in [0.2, 0.25) is 0 Å². The van der Waals surface area contributed by atoms with Crippen molar-refractivity contribution in [3.05, 3.63) is 137 Å². The van der Waals surface area contributed by atoms with E-state index < -0.39 is 17.3 Å². The molecular formula is C27H19FN2O. The third-order valence-corrected chi connectivity index (χ3v) is 5.80. The number of hydrogen-bond donors (Lipinski definition) is 1. The van der Waals surface area contributed by atoms with Crippen LogP contribution in [0, 0.1) is 11.2 Å². The van der Waals surface area contributed by atoms with Gasteiger partial charge in [0.1, 0.15) is 17.1 Å². The second kappa shape index (κ2) is 7.33. The maximum Gasteiger partial charge on any atom is 0.278 e. The van der Waals surface area contributed by atoms with Crippen LogP contribution in [0.1, 0.15) is 22.3 Å². The van der Waals surface area contributed by atoms with E-state index in [2.05, 4.69) is 0 Å². The highest BCUT2D eigenvalue weighted by Gasteiger charge is 2.50. The van der Waals surface area contributed by atoms with Crippen molar-refractivity contribution in [3.8, 4) is 0 Å². The maximum absolute atomic E-state index is 14.0.